The van der Waals surface area contributed by atoms with Gasteiger partial charge in [-0.15, -0.1) is 0 Å². The molecule has 36 heavy (non-hydrogen) atoms. The number of nitrogens with zero attached hydrogens (tertiary/aromatic N) is 2. The Balaban J connectivity index is 1.37. The van der Waals surface area contributed by atoms with Crippen LogP contribution in [0.5, 0.6) is 11.5 Å². The second kappa shape index (κ2) is 9.03. The van der Waals surface area contributed by atoms with Gasteiger partial charge in [-0.05, 0) is 76.4 Å². The molecule has 3 aromatic carbocycles. The van der Waals surface area contributed by atoms with Gasteiger partial charge in [-0.3, -0.25) is 9.59 Å². The van der Waals surface area contributed by atoms with Crippen molar-refractivity contribution < 1.29 is 19.1 Å². The summed E-state index contributed by atoms with van der Waals surface area (Å²) >= 11 is 2.20. The highest BCUT2D eigenvalue weighted by Crippen LogP contribution is 2.60. The van der Waals surface area contributed by atoms with E-state index in [1.165, 1.54) is 0 Å². The first-order valence-electron chi connectivity index (χ1n) is 12.2. The molecule has 0 spiro atoms. The maximum absolute atomic E-state index is 13.7. The van der Waals surface area contributed by atoms with Crippen molar-refractivity contribution in [3.8, 4) is 11.5 Å². The Kier molecular flexibility index (Phi) is 5.82. The zero-order valence-corrected chi connectivity index (χ0v) is 22.1. The Labute approximate surface area is 223 Å². The van der Waals surface area contributed by atoms with Crippen LogP contribution >= 0.6 is 22.6 Å². The molecule has 0 saturated carbocycles. The fourth-order valence-electron chi connectivity index (χ4n) is 6.11. The molecule has 1 fully saturated rings. The van der Waals surface area contributed by atoms with E-state index in [0.29, 0.717) is 24.7 Å². The molecule has 7 rings (SSSR count). The van der Waals surface area contributed by atoms with Gasteiger partial charge in [0.25, 0.3) is 11.8 Å². The number of benzene rings is 3. The molecule has 4 aliphatic rings. The van der Waals surface area contributed by atoms with Gasteiger partial charge in [-0.2, -0.15) is 10.1 Å². The topological polar surface area (TPSA) is 68.2 Å². The van der Waals surface area contributed by atoms with E-state index in [2.05, 4.69) is 52.0 Å². The molecular formula is C29H25IN2O4. The summed E-state index contributed by atoms with van der Waals surface area (Å²) in [5.41, 5.74) is 5.33. The molecule has 182 valence electrons. The van der Waals surface area contributed by atoms with Crippen molar-refractivity contribution in [3.05, 3.63) is 92.1 Å². The van der Waals surface area contributed by atoms with E-state index in [1.807, 2.05) is 50.2 Å². The van der Waals surface area contributed by atoms with Crippen molar-refractivity contribution in [2.24, 2.45) is 16.9 Å². The van der Waals surface area contributed by atoms with Gasteiger partial charge in [-0.25, -0.2) is 0 Å². The molecule has 7 heteroatoms. The highest BCUT2D eigenvalue weighted by atomic mass is 127. The number of carbonyl (C=O) groups excluding carboxylic acids is 2. The van der Waals surface area contributed by atoms with Gasteiger partial charge < -0.3 is 9.47 Å². The molecule has 0 aromatic heterocycles. The summed E-state index contributed by atoms with van der Waals surface area (Å²) in [4.78, 5) is 27.4. The van der Waals surface area contributed by atoms with Crippen molar-refractivity contribution >= 4 is 40.6 Å². The van der Waals surface area contributed by atoms with Crippen LogP contribution in [0, 0.1) is 15.4 Å². The fourth-order valence-corrected chi connectivity index (χ4v) is 6.89. The third-order valence-electron chi connectivity index (χ3n) is 7.37. The standard InChI is InChI=1S/C29H25IN2O4/c1-3-35-22-14-16(13-21(30)27(22)36-4-2)15-31-32-28(33)25-23-17-9-5-6-10-18(17)24(26(25)29(32)34)20-12-8-7-11-19(20)23/h5-15,23-26H,3-4H2,1-2H3/b31-15-/t23?,24?,25-,26-/m0/s1. The average Bonchev–Trinajstić information content (AvgIpc) is 3.15. The number of halogens is 1. The zero-order chi connectivity index (χ0) is 25.0. The highest BCUT2D eigenvalue weighted by Gasteiger charge is 2.61. The van der Waals surface area contributed by atoms with Crippen LogP contribution in [0.2, 0.25) is 0 Å². The summed E-state index contributed by atoms with van der Waals surface area (Å²) in [5, 5.41) is 5.52. The van der Waals surface area contributed by atoms with Gasteiger partial charge in [0.1, 0.15) is 0 Å². The molecule has 3 aliphatic carbocycles. The fraction of sp³-hybridized carbons (Fsp3) is 0.276. The van der Waals surface area contributed by atoms with E-state index in [0.717, 1.165) is 36.4 Å². The highest BCUT2D eigenvalue weighted by molar-refractivity contribution is 14.1. The van der Waals surface area contributed by atoms with E-state index in [4.69, 9.17) is 9.47 Å². The molecule has 2 bridgehead atoms. The minimum absolute atomic E-state index is 0.139. The summed E-state index contributed by atoms with van der Waals surface area (Å²) in [6, 6.07) is 20.2. The molecule has 2 atom stereocenters. The minimum Gasteiger partial charge on any atom is -0.490 e. The first-order chi connectivity index (χ1) is 17.5. The van der Waals surface area contributed by atoms with Gasteiger partial charge in [-0.1, -0.05) is 48.5 Å². The number of ether oxygens (including phenoxy) is 2. The second-order valence-corrected chi connectivity index (χ2v) is 10.4. The molecule has 0 unspecified atom stereocenters. The molecule has 6 nitrogen and oxygen atoms in total. The van der Waals surface area contributed by atoms with Crippen molar-refractivity contribution in [1.82, 2.24) is 5.01 Å². The molecule has 0 radical (unpaired) electrons. The third-order valence-corrected chi connectivity index (χ3v) is 8.17. The summed E-state index contributed by atoms with van der Waals surface area (Å²) in [7, 11) is 0. The zero-order valence-electron chi connectivity index (χ0n) is 20.0. The van der Waals surface area contributed by atoms with Crippen molar-refractivity contribution in [2.75, 3.05) is 13.2 Å². The maximum Gasteiger partial charge on any atom is 0.254 e. The van der Waals surface area contributed by atoms with Crippen molar-refractivity contribution in [2.45, 2.75) is 25.7 Å². The van der Waals surface area contributed by atoms with Crippen LogP contribution in [0.25, 0.3) is 0 Å². The molecule has 1 heterocycles. The summed E-state index contributed by atoms with van der Waals surface area (Å²) in [5.74, 6) is -0.322. The van der Waals surface area contributed by atoms with Crippen LogP contribution in [0.15, 0.2) is 65.8 Å². The van der Waals surface area contributed by atoms with Crippen LogP contribution in [0.4, 0.5) is 0 Å². The van der Waals surface area contributed by atoms with Crippen molar-refractivity contribution in [3.63, 3.8) is 0 Å². The molecule has 2 amide bonds. The van der Waals surface area contributed by atoms with E-state index in [-0.39, 0.29) is 23.7 Å². The summed E-state index contributed by atoms with van der Waals surface area (Å²) < 4.78 is 12.4. The van der Waals surface area contributed by atoms with Gasteiger partial charge in [0.15, 0.2) is 11.5 Å². The van der Waals surface area contributed by atoms with E-state index in [9.17, 15) is 9.59 Å². The van der Waals surface area contributed by atoms with Crippen LogP contribution in [-0.2, 0) is 9.59 Å². The second-order valence-electron chi connectivity index (χ2n) is 9.19. The van der Waals surface area contributed by atoms with Gasteiger partial charge in [0.05, 0.1) is 34.8 Å². The predicted octanol–water partition coefficient (Wildman–Crippen LogP) is 5.31. The van der Waals surface area contributed by atoms with Crippen molar-refractivity contribution in [1.29, 1.82) is 0 Å². The molecule has 0 N–H and O–H groups in total. The number of hydrogen-bond donors (Lipinski definition) is 0. The Morgan fingerprint density at radius 3 is 1.81 bits per heavy atom. The van der Waals surface area contributed by atoms with Crippen LogP contribution in [0.3, 0.4) is 0 Å². The molecule has 1 saturated heterocycles. The Morgan fingerprint density at radius 1 is 0.833 bits per heavy atom. The van der Waals surface area contributed by atoms with Crippen LogP contribution in [0.1, 0.15) is 53.5 Å². The summed E-state index contributed by atoms with van der Waals surface area (Å²) in [6.07, 6.45) is 1.57. The SMILES string of the molecule is CCOc1cc(/C=N\N2C(=O)[C@H]3C4c5ccccc5C(c5ccccc54)[C@@H]3C2=O)cc(I)c1OCC. The number of imide groups is 1. The maximum atomic E-state index is 13.7. The van der Waals surface area contributed by atoms with E-state index in [1.54, 1.807) is 6.21 Å². The minimum atomic E-state index is -0.441. The smallest absolute Gasteiger partial charge is 0.254 e. The lowest BCUT2D eigenvalue weighted by Gasteiger charge is -2.45. The third kappa shape index (κ3) is 3.39. The predicted molar refractivity (Wildman–Crippen MR) is 144 cm³/mol. The molecule has 3 aromatic rings. The number of hydrogen-bond acceptors (Lipinski definition) is 5. The first-order valence-corrected chi connectivity index (χ1v) is 13.3. The average molecular weight is 592 g/mol. The molecule has 1 aliphatic heterocycles. The lowest BCUT2D eigenvalue weighted by Crippen LogP contribution is -2.41. The normalized spacial score (nSPS) is 23.6. The van der Waals surface area contributed by atoms with Crippen LogP contribution < -0.4 is 9.47 Å². The number of amides is 2. The monoisotopic (exact) mass is 592 g/mol. The largest absolute Gasteiger partial charge is 0.490 e. The molecular weight excluding hydrogens is 567 g/mol. The van der Waals surface area contributed by atoms with E-state index < -0.39 is 11.8 Å². The van der Waals surface area contributed by atoms with Gasteiger partial charge in [0.2, 0.25) is 0 Å². The first kappa shape index (κ1) is 23.2. The van der Waals surface area contributed by atoms with Gasteiger partial charge >= 0.3 is 0 Å². The van der Waals surface area contributed by atoms with Gasteiger partial charge in [0, 0.05) is 11.8 Å². The Hall–Kier alpha value is -3.20. The number of hydrazone groups is 1. The lowest BCUT2D eigenvalue weighted by atomic mass is 9.55. The van der Waals surface area contributed by atoms with Crippen LogP contribution in [-0.4, -0.2) is 36.3 Å². The summed E-state index contributed by atoms with van der Waals surface area (Å²) in [6.45, 7) is 4.86. The Morgan fingerprint density at radius 2 is 1.33 bits per heavy atom. The lowest BCUT2D eigenvalue weighted by molar-refractivity contribution is -0.139. The quantitative estimate of drug-likeness (QED) is 0.221. The Bertz CT molecular complexity index is 1300. The number of carbonyl (C=O) groups is 2. The van der Waals surface area contributed by atoms with E-state index >= 15 is 0 Å². The number of rotatable bonds is 6.